The Hall–Kier alpha value is -1.86. The van der Waals surface area contributed by atoms with Crippen LogP contribution in [0, 0.1) is 29.1 Å². The van der Waals surface area contributed by atoms with Crippen LogP contribution >= 0.6 is 0 Å². The Morgan fingerprint density at radius 1 is 0.938 bits per heavy atom. The Balaban J connectivity index is 3.40. The van der Waals surface area contributed by atoms with Crippen molar-refractivity contribution >= 4 is 11.6 Å². The van der Waals surface area contributed by atoms with Crippen molar-refractivity contribution in [2.45, 2.75) is 0 Å². The quantitative estimate of drug-likeness (QED) is 0.258. The summed E-state index contributed by atoms with van der Waals surface area (Å²) in [5, 5.41) is 1.77. The molecule has 0 fully saturated rings. The van der Waals surface area contributed by atoms with Gasteiger partial charge in [-0.3, -0.25) is 4.99 Å². The molecule has 0 aliphatic heterocycles. The molecule has 0 amide bonds. The molecule has 0 bridgehead atoms. The second-order valence-electron chi connectivity index (χ2n) is 2.68. The SMILES string of the molecule is CN=C(N)Nc1c(F)c(F)c(F)c(F)c1F. The Morgan fingerprint density at radius 2 is 1.31 bits per heavy atom. The van der Waals surface area contributed by atoms with E-state index in [0.717, 1.165) is 0 Å². The highest BCUT2D eigenvalue weighted by molar-refractivity contribution is 5.92. The standard InChI is InChI=1S/C8H6F5N3/c1-15-8(14)16-7-5(12)3(10)2(9)4(11)6(7)13/h1H3,(H3,14,15,16). The second-order valence-corrected chi connectivity index (χ2v) is 2.68. The minimum absolute atomic E-state index is 0.483. The normalized spacial score (nSPS) is 11.8. The molecule has 0 aromatic heterocycles. The molecular weight excluding hydrogens is 233 g/mol. The van der Waals surface area contributed by atoms with E-state index in [-0.39, 0.29) is 0 Å². The van der Waals surface area contributed by atoms with Crippen molar-refractivity contribution in [2.24, 2.45) is 10.7 Å². The van der Waals surface area contributed by atoms with E-state index in [2.05, 4.69) is 4.99 Å². The van der Waals surface area contributed by atoms with E-state index in [9.17, 15) is 22.0 Å². The first-order valence-corrected chi connectivity index (χ1v) is 3.90. The zero-order valence-electron chi connectivity index (χ0n) is 7.91. The molecule has 1 rings (SSSR count). The fraction of sp³-hybridized carbons (Fsp3) is 0.125. The van der Waals surface area contributed by atoms with Crippen LogP contribution < -0.4 is 11.1 Å². The first-order chi connectivity index (χ1) is 7.40. The summed E-state index contributed by atoms with van der Waals surface area (Å²) in [7, 11) is 1.17. The molecule has 16 heavy (non-hydrogen) atoms. The summed E-state index contributed by atoms with van der Waals surface area (Å²) in [5.74, 6) is -10.8. The van der Waals surface area contributed by atoms with Crippen molar-refractivity contribution in [2.75, 3.05) is 12.4 Å². The van der Waals surface area contributed by atoms with Crippen LogP contribution in [0.4, 0.5) is 27.6 Å². The molecule has 8 heteroatoms. The molecule has 0 unspecified atom stereocenters. The van der Waals surface area contributed by atoms with E-state index in [0.29, 0.717) is 0 Å². The molecule has 0 atom stereocenters. The number of hydrogen-bond acceptors (Lipinski definition) is 1. The van der Waals surface area contributed by atoms with Gasteiger partial charge in [-0.15, -0.1) is 0 Å². The monoisotopic (exact) mass is 239 g/mol. The average molecular weight is 239 g/mol. The number of nitrogens with zero attached hydrogens (tertiary/aromatic N) is 1. The van der Waals surface area contributed by atoms with E-state index in [1.165, 1.54) is 7.05 Å². The van der Waals surface area contributed by atoms with Gasteiger partial charge in [-0.05, 0) is 0 Å². The lowest BCUT2D eigenvalue weighted by Gasteiger charge is -2.09. The van der Waals surface area contributed by atoms with Crippen LogP contribution in [0.3, 0.4) is 0 Å². The molecule has 3 N–H and O–H groups in total. The lowest BCUT2D eigenvalue weighted by molar-refractivity contribution is 0.382. The Labute approximate surface area is 86.8 Å². The molecular formula is C8H6F5N3. The molecule has 1 aromatic carbocycles. The summed E-state index contributed by atoms with van der Waals surface area (Å²) in [4.78, 5) is 3.26. The number of nitrogens with two attached hydrogens (primary N) is 1. The molecule has 0 aliphatic rings. The summed E-state index contributed by atoms with van der Waals surface area (Å²) in [6.07, 6.45) is 0. The van der Waals surface area contributed by atoms with Crippen LogP contribution in [0.5, 0.6) is 0 Å². The molecule has 0 saturated carbocycles. The van der Waals surface area contributed by atoms with Crippen LogP contribution in [0.25, 0.3) is 0 Å². The maximum Gasteiger partial charge on any atom is 0.200 e. The number of rotatable bonds is 1. The number of halogens is 5. The summed E-state index contributed by atoms with van der Waals surface area (Å²) in [6.45, 7) is 0. The summed E-state index contributed by atoms with van der Waals surface area (Å²) < 4.78 is 64.0. The zero-order valence-corrected chi connectivity index (χ0v) is 7.91. The van der Waals surface area contributed by atoms with E-state index in [4.69, 9.17) is 5.73 Å². The van der Waals surface area contributed by atoms with Crippen molar-refractivity contribution in [1.82, 2.24) is 0 Å². The first kappa shape index (κ1) is 12.2. The van der Waals surface area contributed by atoms with Gasteiger partial charge in [0.1, 0.15) is 5.69 Å². The van der Waals surface area contributed by atoms with Crippen molar-refractivity contribution < 1.29 is 22.0 Å². The molecule has 3 nitrogen and oxygen atoms in total. The van der Waals surface area contributed by atoms with Gasteiger partial charge in [0, 0.05) is 7.05 Å². The Morgan fingerprint density at radius 3 is 1.69 bits per heavy atom. The summed E-state index contributed by atoms with van der Waals surface area (Å²) >= 11 is 0. The van der Waals surface area contributed by atoms with Gasteiger partial charge in [0.15, 0.2) is 29.2 Å². The van der Waals surface area contributed by atoms with Crippen molar-refractivity contribution in [3.63, 3.8) is 0 Å². The number of guanidine groups is 1. The molecule has 1 aromatic rings. The third-order valence-corrected chi connectivity index (χ3v) is 1.70. The maximum atomic E-state index is 13.0. The summed E-state index contributed by atoms with van der Waals surface area (Å²) in [5.41, 5.74) is 3.81. The maximum absolute atomic E-state index is 13.0. The van der Waals surface area contributed by atoms with Crippen LogP contribution in [0.2, 0.25) is 0 Å². The third kappa shape index (κ3) is 1.90. The van der Waals surface area contributed by atoms with Gasteiger partial charge >= 0.3 is 0 Å². The lowest BCUT2D eigenvalue weighted by atomic mass is 10.2. The molecule has 0 spiro atoms. The van der Waals surface area contributed by atoms with Gasteiger partial charge in [0.2, 0.25) is 5.82 Å². The number of benzene rings is 1. The fourth-order valence-corrected chi connectivity index (χ4v) is 0.899. The van der Waals surface area contributed by atoms with Crippen LogP contribution in [0.15, 0.2) is 4.99 Å². The van der Waals surface area contributed by atoms with Gasteiger partial charge in [-0.2, -0.15) is 0 Å². The largest absolute Gasteiger partial charge is 0.370 e. The van der Waals surface area contributed by atoms with Crippen LogP contribution in [-0.2, 0) is 0 Å². The Kier molecular flexibility index (Phi) is 3.31. The van der Waals surface area contributed by atoms with Gasteiger partial charge in [-0.1, -0.05) is 0 Å². The highest BCUT2D eigenvalue weighted by Crippen LogP contribution is 2.26. The topological polar surface area (TPSA) is 50.4 Å². The van der Waals surface area contributed by atoms with Gasteiger partial charge in [0.05, 0.1) is 0 Å². The lowest BCUT2D eigenvalue weighted by Crippen LogP contribution is -2.24. The van der Waals surface area contributed by atoms with Crippen LogP contribution in [-0.4, -0.2) is 13.0 Å². The highest BCUT2D eigenvalue weighted by Gasteiger charge is 2.25. The van der Waals surface area contributed by atoms with Crippen molar-refractivity contribution in [3.05, 3.63) is 29.1 Å². The van der Waals surface area contributed by atoms with E-state index >= 15 is 0 Å². The molecule has 88 valence electrons. The molecule has 0 aliphatic carbocycles. The van der Waals surface area contributed by atoms with Gasteiger partial charge in [0.25, 0.3) is 0 Å². The van der Waals surface area contributed by atoms with E-state index in [1.54, 1.807) is 5.32 Å². The first-order valence-electron chi connectivity index (χ1n) is 3.90. The number of nitrogens with one attached hydrogen (secondary N) is 1. The van der Waals surface area contributed by atoms with Crippen molar-refractivity contribution in [3.8, 4) is 0 Å². The summed E-state index contributed by atoms with van der Waals surface area (Å²) in [6, 6.07) is 0. The predicted molar refractivity (Wildman–Crippen MR) is 47.4 cm³/mol. The fourth-order valence-electron chi connectivity index (χ4n) is 0.899. The molecule has 0 radical (unpaired) electrons. The minimum atomic E-state index is -2.23. The minimum Gasteiger partial charge on any atom is -0.370 e. The zero-order chi connectivity index (χ0) is 12.5. The third-order valence-electron chi connectivity index (χ3n) is 1.70. The smallest absolute Gasteiger partial charge is 0.200 e. The Bertz CT molecular complexity index is 428. The molecule has 0 heterocycles. The highest BCUT2D eigenvalue weighted by atomic mass is 19.2. The number of anilines is 1. The number of aliphatic imine (C=N–C) groups is 1. The van der Waals surface area contributed by atoms with E-state index in [1.807, 2.05) is 0 Å². The van der Waals surface area contributed by atoms with E-state index < -0.39 is 40.7 Å². The van der Waals surface area contributed by atoms with Crippen LogP contribution in [0.1, 0.15) is 0 Å². The van der Waals surface area contributed by atoms with Gasteiger partial charge < -0.3 is 11.1 Å². The second kappa shape index (κ2) is 4.33. The van der Waals surface area contributed by atoms with Gasteiger partial charge in [-0.25, -0.2) is 22.0 Å². The molecule has 0 saturated heterocycles. The average Bonchev–Trinajstić information content (AvgIpc) is 2.29. The predicted octanol–water partition coefficient (Wildman–Crippen LogP) is 1.74. The number of hydrogen-bond donors (Lipinski definition) is 2. The van der Waals surface area contributed by atoms with Crippen molar-refractivity contribution in [1.29, 1.82) is 0 Å².